The first-order chi connectivity index (χ1) is 4.86. The lowest BCUT2D eigenvalue weighted by Crippen LogP contribution is -2.18. The molecule has 1 heteroatoms. The van der Waals surface area contributed by atoms with Crippen molar-refractivity contribution in [3.63, 3.8) is 0 Å². The Balaban J connectivity index is 2.04. The number of hydrogen-bond acceptors (Lipinski definition) is 1. The van der Waals surface area contributed by atoms with Crippen LogP contribution in [0.5, 0.6) is 0 Å². The monoisotopic (exact) mass is 136 g/mol. The predicted octanol–water partition coefficient (Wildman–Crippen LogP) is 1.62. The van der Waals surface area contributed by atoms with Crippen LogP contribution in [0.3, 0.4) is 0 Å². The number of carbonyl (C=O) groups excluding carboxylic acids is 1. The highest BCUT2D eigenvalue weighted by molar-refractivity contribution is 5.85. The summed E-state index contributed by atoms with van der Waals surface area (Å²) >= 11 is 0. The molecule has 0 radical (unpaired) electrons. The minimum absolute atomic E-state index is 0.531. The van der Waals surface area contributed by atoms with E-state index in [4.69, 9.17) is 0 Å². The highest BCUT2D eigenvalue weighted by atomic mass is 16.1. The molecule has 3 saturated carbocycles. The Morgan fingerprint density at radius 1 is 1.20 bits per heavy atom. The Kier molecular flexibility index (Phi) is 0.781. The average molecular weight is 136 g/mol. The maximum Gasteiger partial charge on any atom is 0.136 e. The first-order valence-corrected chi connectivity index (χ1v) is 4.39. The lowest BCUT2D eigenvalue weighted by Gasteiger charge is -2.19. The van der Waals surface area contributed by atoms with Crippen molar-refractivity contribution in [2.75, 3.05) is 0 Å². The summed E-state index contributed by atoms with van der Waals surface area (Å²) in [5, 5.41) is 0. The molecular formula is C9H12O. The normalized spacial score (nSPS) is 56.6. The van der Waals surface area contributed by atoms with Crippen LogP contribution in [0.25, 0.3) is 0 Å². The molecule has 0 spiro atoms. The minimum Gasteiger partial charge on any atom is -0.299 e. The number of rotatable bonds is 0. The van der Waals surface area contributed by atoms with Gasteiger partial charge in [-0.15, -0.1) is 0 Å². The molecule has 54 valence electrons. The van der Waals surface area contributed by atoms with Gasteiger partial charge in [0.2, 0.25) is 0 Å². The fraction of sp³-hybridized carbons (Fsp3) is 0.889. The van der Waals surface area contributed by atoms with Crippen LogP contribution >= 0.6 is 0 Å². The van der Waals surface area contributed by atoms with Crippen LogP contribution < -0.4 is 0 Å². The Bertz CT molecular complexity index is 197. The molecule has 0 amide bonds. The molecule has 0 aromatic heterocycles. The van der Waals surface area contributed by atoms with Gasteiger partial charge in [0.25, 0.3) is 0 Å². The Labute approximate surface area is 60.8 Å². The van der Waals surface area contributed by atoms with Crippen molar-refractivity contribution >= 4 is 5.78 Å². The standard InChI is InChI=1S/C9H12O/c10-9-4-7-5-1-2-6(7)8(9)3-5/h5-8H,1-4H2. The van der Waals surface area contributed by atoms with Crippen LogP contribution in [0.1, 0.15) is 25.7 Å². The van der Waals surface area contributed by atoms with Crippen molar-refractivity contribution in [3.05, 3.63) is 0 Å². The van der Waals surface area contributed by atoms with E-state index in [2.05, 4.69) is 0 Å². The Hall–Kier alpha value is -0.330. The molecule has 0 heterocycles. The van der Waals surface area contributed by atoms with E-state index in [1.54, 1.807) is 0 Å². The van der Waals surface area contributed by atoms with Crippen LogP contribution in [0.4, 0.5) is 0 Å². The third-order valence-electron chi connectivity index (χ3n) is 3.95. The van der Waals surface area contributed by atoms with Gasteiger partial charge < -0.3 is 0 Å². The van der Waals surface area contributed by atoms with Gasteiger partial charge in [-0.2, -0.15) is 0 Å². The summed E-state index contributed by atoms with van der Waals surface area (Å²) in [4.78, 5) is 11.2. The number of carbonyl (C=O) groups is 1. The molecule has 0 aromatic rings. The molecule has 3 rings (SSSR count). The smallest absolute Gasteiger partial charge is 0.136 e. The number of hydrogen-bond donors (Lipinski definition) is 0. The molecule has 0 saturated heterocycles. The van der Waals surface area contributed by atoms with Crippen molar-refractivity contribution < 1.29 is 4.79 Å². The molecule has 4 atom stereocenters. The highest BCUT2D eigenvalue weighted by Crippen LogP contribution is 2.59. The molecule has 4 bridgehead atoms. The summed E-state index contributed by atoms with van der Waals surface area (Å²) in [5.41, 5.74) is 0. The summed E-state index contributed by atoms with van der Waals surface area (Å²) in [6.45, 7) is 0. The van der Waals surface area contributed by atoms with Gasteiger partial charge >= 0.3 is 0 Å². The Morgan fingerprint density at radius 3 is 2.70 bits per heavy atom. The molecule has 4 unspecified atom stereocenters. The first-order valence-electron chi connectivity index (χ1n) is 4.39. The second kappa shape index (κ2) is 1.46. The molecular weight excluding hydrogens is 124 g/mol. The molecule has 1 nitrogen and oxygen atoms in total. The van der Waals surface area contributed by atoms with Crippen LogP contribution in [0.15, 0.2) is 0 Å². The molecule has 0 aromatic carbocycles. The van der Waals surface area contributed by atoms with Crippen molar-refractivity contribution in [2.45, 2.75) is 25.7 Å². The van der Waals surface area contributed by atoms with Gasteiger partial charge in [0.05, 0.1) is 0 Å². The van der Waals surface area contributed by atoms with Gasteiger partial charge in [0.15, 0.2) is 0 Å². The lowest BCUT2D eigenvalue weighted by molar-refractivity contribution is -0.123. The van der Waals surface area contributed by atoms with E-state index in [1.807, 2.05) is 0 Å². The largest absolute Gasteiger partial charge is 0.299 e. The minimum atomic E-state index is 0.531. The highest BCUT2D eigenvalue weighted by Gasteiger charge is 2.55. The quantitative estimate of drug-likeness (QED) is 0.494. The third-order valence-corrected chi connectivity index (χ3v) is 3.95. The summed E-state index contributed by atoms with van der Waals surface area (Å²) in [5.74, 6) is 3.78. The zero-order valence-corrected chi connectivity index (χ0v) is 6.05. The maximum absolute atomic E-state index is 11.2. The van der Waals surface area contributed by atoms with Crippen LogP contribution in [-0.4, -0.2) is 5.78 Å². The van der Waals surface area contributed by atoms with Gasteiger partial charge in [0.1, 0.15) is 5.78 Å². The summed E-state index contributed by atoms with van der Waals surface area (Å²) in [6.07, 6.45) is 5.00. The van der Waals surface area contributed by atoms with E-state index in [0.29, 0.717) is 11.7 Å². The van der Waals surface area contributed by atoms with Crippen molar-refractivity contribution in [2.24, 2.45) is 23.7 Å². The van der Waals surface area contributed by atoms with E-state index >= 15 is 0 Å². The number of Topliss-reactive ketones (excluding diaryl/α,β-unsaturated/α-hetero) is 1. The molecule has 3 aliphatic rings. The van der Waals surface area contributed by atoms with Gasteiger partial charge in [-0.05, 0) is 37.0 Å². The topological polar surface area (TPSA) is 17.1 Å². The second-order valence-corrected chi connectivity index (χ2v) is 4.18. The van der Waals surface area contributed by atoms with Gasteiger partial charge in [-0.25, -0.2) is 0 Å². The first kappa shape index (κ1) is 5.34. The van der Waals surface area contributed by atoms with Crippen LogP contribution in [0.2, 0.25) is 0 Å². The van der Waals surface area contributed by atoms with E-state index < -0.39 is 0 Å². The molecule has 3 fully saturated rings. The summed E-state index contributed by atoms with van der Waals surface area (Å²) in [7, 11) is 0. The molecule has 0 aliphatic heterocycles. The second-order valence-electron chi connectivity index (χ2n) is 4.18. The number of ketones is 1. The van der Waals surface area contributed by atoms with E-state index in [9.17, 15) is 4.79 Å². The fourth-order valence-electron chi connectivity index (χ4n) is 3.55. The molecule has 10 heavy (non-hydrogen) atoms. The summed E-state index contributed by atoms with van der Waals surface area (Å²) in [6, 6.07) is 0. The van der Waals surface area contributed by atoms with E-state index in [1.165, 1.54) is 19.3 Å². The average Bonchev–Trinajstić information content (AvgIpc) is 2.53. The Morgan fingerprint density at radius 2 is 2.10 bits per heavy atom. The van der Waals surface area contributed by atoms with Gasteiger partial charge in [-0.1, -0.05) is 0 Å². The van der Waals surface area contributed by atoms with Crippen molar-refractivity contribution in [3.8, 4) is 0 Å². The zero-order valence-electron chi connectivity index (χ0n) is 6.05. The fourth-order valence-corrected chi connectivity index (χ4v) is 3.55. The van der Waals surface area contributed by atoms with Crippen LogP contribution in [0, 0.1) is 23.7 Å². The van der Waals surface area contributed by atoms with E-state index in [0.717, 1.165) is 24.2 Å². The SMILES string of the molecule is O=C1CC2C3CCC2C1C3. The van der Waals surface area contributed by atoms with Crippen molar-refractivity contribution in [1.29, 1.82) is 0 Å². The zero-order chi connectivity index (χ0) is 6.72. The molecule has 0 N–H and O–H groups in total. The third kappa shape index (κ3) is 0.415. The summed E-state index contributed by atoms with van der Waals surface area (Å²) < 4.78 is 0. The van der Waals surface area contributed by atoms with Crippen LogP contribution in [-0.2, 0) is 4.79 Å². The van der Waals surface area contributed by atoms with Gasteiger partial charge in [-0.3, -0.25) is 4.79 Å². The van der Waals surface area contributed by atoms with E-state index in [-0.39, 0.29) is 0 Å². The van der Waals surface area contributed by atoms with Gasteiger partial charge in [0, 0.05) is 12.3 Å². The predicted molar refractivity (Wildman–Crippen MR) is 37.4 cm³/mol. The maximum atomic E-state index is 11.2. The molecule has 3 aliphatic carbocycles. The van der Waals surface area contributed by atoms with Crippen molar-refractivity contribution in [1.82, 2.24) is 0 Å². The lowest BCUT2D eigenvalue weighted by atomic mass is 9.85.